The third-order valence-electron chi connectivity index (χ3n) is 4.44. The summed E-state index contributed by atoms with van der Waals surface area (Å²) < 4.78 is 18.5. The second kappa shape index (κ2) is 7.90. The molecule has 3 rings (SSSR count). The first-order valence-electron chi connectivity index (χ1n) is 8.30. The molecule has 0 aliphatic carbocycles. The predicted octanol–water partition coefficient (Wildman–Crippen LogP) is 3.54. The molecule has 1 amide bonds. The van der Waals surface area contributed by atoms with Crippen LogP contribution in [0.2, 0.25) is 0 Å². The third-order valence-corrected chi connectivity index (χ3v) is 4.44. The monoisotopic (exact) mass is 328 g/mol. The van der Waals surface area contributed by atoms with Gasteiger partial charge in [-0.25, -0.2) is 4.39 Å². The maximum atomic E-state index is 12.8. The average Bonchev–Trinajstić information content (AvgIpc) is 2.64. The van der Waals surface area contributed by atoms with Gasteiger partial charge in [-0.2, -0.15) is 0 Å². The van der Waals surface area contributed by atoms with Crippen LogP contribution in [0.15, 0.2) is 48.8 Å². The highest BCUT2D eigenvalue weighted by atomic mass is 19.1. The fourth-order valence-electron chi connectivity index (χ4n) is 2.98. The van der Waals surface area contributed by atoms with Gasteiger partial charge in [0.2, 0.25) is 0 Å². The lowest BCUT2D eigenvalue weighted by Crippen LogP contribution is -2.38. The standard InChI is InChI=1S/C19H21FN2O2/c20-17-1-3-18(4-2-17)24-14-9-15-7-12-22(13-8-15)19(23)16-5-10-21-11-6-16/h1-6,10-11,15H,7-9,12-14H2. The van der Waals surface area contributed by atoms with E-state index in [-0.39, 0.29) is 11.7 Å². The van der Waals surface area contributed by atoms with Crippen LogP contribution in [-0.4, -0.2) is 35.5 Å². The zero-order valence-electron chi connectivity index (χ0n) is 13.5. The van der Waals surface area contributed by atoms with E-state index in [0.717, 1.165) is 32.4 Å². The van der Waals surface area contributed by atoms with Crippen molar-refractivity contribution in [3.05, 3.63) is 60.2 Å². The van der Waals surface area contributed by atoms with Gasteiger partial charge in [0.25, 0.3) is 5.91 Å². The number of piperidine rings is 1. The number of carbonyl (C=O) groups excluding carboxylic acids is 1. The second-order valence-electron chi connectivity index (χ2n) is 6.06. The highest BCUT2D eigenvalue weighted by Gasteiger charge is 2.23. The zero-order chi connectivity index (χ0) is 16.8. The maximum absolute atomic E-state index is 12.8. The van der Waals surface area contributed by atoms with Crippen molar-refractivity contribution in [1.29, 1.82) is 0 Å². The second-order valence-corrected chi connectivity index (χ2v) is 6.06. The Morgan fingerprint density at radius 1 is 1.12 bits per heavy atom. The zero-order valence-corrected chi connectivity index (χ0v) is 13.5. The van der Waals surface area contributed by atoms with E-state index in [9.17, 15) is 9.18 Å². The summed E-state index contributed by atoms with van der Waals surface area (Å²) in [5, 5.41) is 0. The first-order valence-corrected chi connectivity index (χ1v) is 8.30. The number of rotatable bonds is 5. The van der Waals surface area contributed by atoms with E-state index in [1.807, 2.05) is 4.90 Å². The topological polar surface area (TPSA) is 42.4 Å². The molecule has 1 aliphatic rings. The number of amides is 1. The summed E-state index contributed by atoms with van der Waals surface area (Å²) in [5.74, 6) is 1.08. The summed E-state index contributed by atoms with van der Waals surface area (Å²) in [6.07, 6.45) is 6.22. The summed E-state index contributed by atoms with van der Waals surface area (Å²) in [6.45, 7) is 2.18. The van der Waals surface area contributed by atoms with Gasteiger partial charge < -0.3 is 9.64 Å². The Bertz CT molecular complexity index is 653. The number of hydrogen-bond acceptors (Lipinski definition) is 3. The van der Waals surface area contributed by atoms with Crippen molar-refractivity contribution >= 4 is 5.91 Å². The average molecular weight is 328 g/mol. The van der Waals surface area contributed by atoms with Crippen molar-refractivity contribution in [3.63, 3.8) is 0 Å². The molecule has 0 radical (unpaired) electrons. The van der Waals surface area contributed by atoms with Crippen LogP contribution in [0.1, 0.15) is 29.6 Å². The molecule has 24 heavy (non-hydrogen) atoms. The summed E-state index contributed by atoms with van der Waals surface area (Å²) in [7, 11) is 0. The van der Waals surface area contributed by atoms with Crippen LogP contribution in [-0.2, 0) is 0 Å². The Labute approximate surface area is 141 Å². The summed E-state index contributed by atoms with van der Waals surface area (Å²) >= 11 is 0. The summed E-state index contributed by atoms with van der Waals surface area (Å²) in [4.78, 5) is 18.2. The smallest absolute Gasteiger partial charge is 0.253 e. The molecular weight excluding hydrogens is 307 g/mol. The number of ether oxygens (including phenoxy) is 1. The van der Waals surface area contributed by atoms with Crippen molar-refractivity contribution in [2.45, 2.75) is 19.3 Å². The number of pyridine rings is 1. The van der Waals surface area contributed by atoms with E-state index in [1.54, 1.807) is 36.7 Å². The van der Waals surface area contributed by atoms with Crippen LogP contribution in [0.25, 0.3) is 0 Å². The van der Waals surface area contributed by atoms with Crippen molar-refractivity contribution < 1.29 is 13.9 Å². The third kappa shape index (κ3) is 4.31. The minimum absolute atomic E-state index is 0.0819. The molecule has 0 bridgehead atoms. The molecule has 4 nitrogen and oxygen atoms in total. The van der Waals surface area contributed by atoms with E-state index in [1.165, 1.54) is 12.1 Å². The van der Waals surface area contributed by atoms with Crippen LogP contribution in [0.3, 0.4) is 0 Å². The molecule has 1 fully saturated rings. The van der Waals surface area contributed by atoms with Gasteiger partial charge in [0.05, 0.1) is 6.61 Å². The Morgan fingerprint density at radius 3 is 2.46 bits per heavy atom. The first-order chi connectivity index (χ1) is 11.7. The van der Waals surface area contributed by atoms with E-state index in [4.69, 9.17) is 4.74 Å². The van der Waals surface area contributed by atoms with Gasteiger partial charge in [-0.15, -0.1) is 0 Å². The lowest BCUT2D eigenvalue weighted by atomic mass is 9.93. The van der Waals surface area contributed by atoms with Crippen LogP contribution < -0.4 is 4.74 Å². The Hall–Kier alpha value is -2.43. The van der Waals surface area contributed by atoms with Crippen LogP contribution in [0.5, 0.6) is 5.75 Å². The van der Waals surface area contributed by atoms with Gasteiger partial charge in [-0.3, -0.25) is 9.78 Å². The van der Waals surface area contributed by atoms with Gasteiger partial charge in [-0.1, -0.05) is 0 Å². The number of carbonyl (C=O) groups is 1. The Balaban J connectivity index is 1.40. The lowest BCUT2D eigenvalue weighted by molar-refractivity contribution is 0.0680. The minimum atomic E-state index is -0.256. The fourth-order valence-corrected chi connectivity index (χ4v) is 2.98. The van der Waals surface area contributed by atoms with Crippen LogP contribution in [0, 0.1) is 11.7 Å². The summed E-state index contributed by atoms with van der Waals surface area (Å²) in [6, 6.07) is 9.60. The predicted molar refractivity (Wildman–Crippen MR) is 89.4 cm³/mol. The maximum Gasteiger partial charge on any atom is 0.253 e. The van der Waals surface area contributed by atoms with E-state index >= 15 is 0 Å². The van der Waals surface area contributed by atoms with Gasteiger partial charge in [0.15, 0.2) is 0 Å². The molecule has 0 spiro atoms. The molecule has 1 aromatic carbocycles. The number of likely N-dealkylation sites (tertiary alicyclic amines) is 1. The van der Waals surface area contributed by atoms with Gasteiger partial charge in [0.1, 0.15) is 11.6 Å². The van der Waals surface area contributed by atoms with E-state index in [2.05, 4.69) is 4.98 Å². The van der Waals surface area contributed by atoms with Gasteiger partial charge in [0, 0.05) is 31.0 Å². The molecular formula is C19H21FN2O2. The first kappa shape index (κ1) is 16.4. The molecule has 1 aliphatic heterocycles. The van der Waals surface area contributed by atoms with E-state index < -0.39 is 0 Å². The molecule has 0 saturated carbocycles. The van der Waals surface area contributed by atoms with Crippen molar-refractivity contribution in [2.24, 2.45) is 5.92 Å². The van der Waals surface area contributed by atoms with Gasteiger partial charge in [-0.05, 0) is 61.6 Å². The molecule has 0 unspecified atom stereocenters. The highest BCUT2D eigenvalue weighted by Crippen LogP contribution is 2.22. The molecule has 2 aromatic rings. The number of halogens is 1. The molecule has 5 heteroatoms. The van der Waals surface area contributed by atoms with Gasteiger partial charge >= 0.3 is 0 Å². The largest absolute Gasteiger partial charge is 0.494 e. The van der Waals surface area contributed by atoms with Crippen molar-refractivity contribution in [1.82, 2.24) is 9.88 Å². The SMILES string of the molecule is O=C(c1ccncc1)N1CCC(CCOc2ccc(F)cc2)CC1. The molecule has 1 saturated heterocycles. The van der Waals surface area contributed by atoms with Crippen LogP contribution >= 0.6 is 0 Å². The number of benzene rings is 1. The van der Waals surface area contributed by atoms with Crippen molar-refractivity contribution in [2.75, 3.05) is 19.7 Å². The molecule has 2 heterocycles. The quantitative estimate of drug-likeness (QED) is 0.843. The highest BCUT2D eigenvalue weighted by molar-refractivity contribution is 5.94. The molecule has 1 aromatic heterocycles. The number of hydrogen-bond donors (Lipinski definition) is 0. The fraction of sp³-hybridized carbons (Fsp3) is 0.368. The minimum Gasteiger partial charge on any atom is -0.494 e. The summed E-state index contributed by atoms with van der Waals surface area (Å²) in [5.41, 5.74) is 0.697. The van der Waals surface area contributed by atoms with E-state index in [0.29, 0.717) is 23.8 Å². The Kier molecular flexibility index (Phi) is 5.41. The van der Waals surface area contributed by atoms with Crippen molar-refractivity contribution in [3.8, 4) is 5.75 Å². The number of aromatic nitrogens is 1. The van der Waals surface area contributed by atoms with Crippen LogP contribution in [0.4, 0.5) is 4.39 Å². The lowest BCUT2D eigenvalue weighted by Gasteiger charge is -2.32. The molecule has 0 N–H and O–H groups in total. The Morgan fingerprint density at radius 2 is 1.79 bits per heavy atom. The number of nitrogens with zero attached hydrogens (tertiary/aromatic N) is 2. The normalized spacial score (nSPS) is 15.3. The molecule has 0 atom stereocenters. The molecule has 126 valence electrons.